The van der Waals surface area contributed by atoms with Crippen LogP contribution in [0.1, 0.15) is 79.6 Å². The van der Waals surface area contributed by atoms with E-state index in [2.05, 4.69) is 20.0 Å². The Kier molecular flexibility index (Phi) is 11.8. The van der Waals surface area contributed by atoms with E-state index < -0.39 is 85.9 Å². The van der Waals surface area contributed by atoms with Gasteiger partial charge in [0.05, 0.1) is 11.3 Å². The van der Waals surface area contributed by atoms with E-state index in [-0.39, 0.29) is 42.4 Å². The van der Waals surface area contributed by atoms with Crippen molar-refractivity contribution in [2.24, 2.45) is 17.8 Å². The minimum Gasteiger partial charge on any atom is -0.488 e. The molecule has 1 saturated heterocycles. The predicted octanol–water partition coefficient (Wildman–Crippen LogP) is 6.25. The molecule has 0 bridgehead atoms. The average molecular weight is 908 g/mol. The lowest BCUT2D eigenvalue weighted by Crippen LogP contribution is -2.66. The summed E-state index contributed by atoms with van der Waals surface area (Å²) in [7, 11) is -4.13. The van der Waals surface area contributed by atoms with Crippen molar-refractivity contribution in [2.45, 2.75) is 120 Å². The molecule has 2 aliphatic heterocycles. The second-order valence-corrected chi connectivity index (χ2v) is 21.3. The van der Waals surface area contributed by atoms with Crippen LogP contribution in [0, 0.1) is 17.8 Å². The zero-order valence-electron chi connectivity index (χ0n) is 34.1. The summed E-state index contributed by atoms with van der Waals surface area (Å²) in [5.74, 6) is -4.37. The van der Waals surface area contributed by atoms with Crippen molar-refractivity contribution in [1.29, 1.82) is 0 Å². The van der Waals surface area contributed by atoms with Gasteiger partial charge in [0, 0.05) is 47.6 Å². The molecule has 21 heteroatoms. The third-order valence-corrected chi connectivity index (χ3v) is 16.1. The number of hydrogen-bond donors (Lipinski definition) is 3. The average Bonchev–Trinajstić information content (AvgIpc) is 3.72. The number of sulfonamides is 1. The van der Waals surface area contributed by atoms with Gasteiger partial charge in [-0.05, 0) is 71.1 Å². The fourth-order valence-corrected chi connectivity index (χ4v) is 10.8. The van der Waals surface area contributed by atoms with Gasteiger partial charge in [0.15, 0.2) is 0 Å². The highest BCUT2D eigenvalue weighted by molar-refractivity contribution is 7.91. The Morgan fingerprint density at radius 1 is 1.05 bits per heavy atom. The molecule has 15 nitrogen and oxygen atoms in total. The van der Waals surface area contributed by atoms with E-state index in [0.29, 0.717) is 60.9 Å². The van der Waals surface area contributed by atoms with Crippen LogP contribution in [0.3, 0.4) is 0 Å². The highest BCUT2D eigenvalue weighted by Crippen LogP contribution is 2.48. The summed E-state index contributed by atoms with van der Waals surface area (Å²) in [6.45, 7) is 5.93. The summed E-state index contributed by atoms with van der Waals surface area (Å²) in [6, 6.07) is -0.139. The fraction of sp³-hybridized carbons (Fsp3) is 0.575. The number of nitrogens with zero attached hydrogens (tertiary/aromatic N) is 5. The van der Waals surface area contributed by atoms with Gasteiger partial charge in [-0.1, -0.05) is 26.0 Å². The standard InChI is InChI=1S/C40H48F3N7O8S3/c1-22-8-6-7-9-24-20-39(24,35(53)48-61(56,57)38(5)10-11-38)47-31(51)29-19-26(58-25-17-27(32-44-12-14-59-32)46-28(18-25)33-45-13-15-60-33)21-49(29)34(52)30(23(2)16-22)50(36(54)55)37(3,4)40(41,42)43/h7,9,12-15,17-18,22-24,26,29-30H,6,8,10-11,16,19-21H2,1-5H3,(H,47,51)(H,48,53)(H,54,55)/t22-,23-,24-,26-,29+,30+,39-/m1/s1. The van der Waals surface area contributed by atoms with E-state index in [1.807, 2.05) is 13.0 Å². The van der Waals surface area contributed by atoms with Gasteiger partial charge in [0.2, 0.25) is 21.8 Å². The molecule has 61 heavy (non-hydrogen) atoms. The van der Waals surface area contributed by atoms with Gasteiger partial charge in [-0.25, -0.2) is 28.2 Å². The molecule has 330 valence electrons. The van der Waals surface area contributed by atoms with Crippen molar-refractivity contribution in [3.63, 3.8) is 0 Å². The van der Waals surface area contributed by atoms with Crippen LogP contribution in [0.5, 0.6) is 5.75 Å². The molecule has 3 fully saturated rings. The first-order valence-corrected chi connectivity index (χ1v) is 23.2. The predicted molar refractivity (Wildman–Crippen MR) is 220 cm³/mol. The molecule has 5 heterocycles. The normalized spacial score (nSPS) is 28.1. The Labute approximate surface area is 359 Å². The van der Waals surface area contributed by atoms with Crippen molar-refractivity contribution in [3.05, 3.63) is 47.4 Å². The van der Waals surface area contributed by atoms with Crippen LogP contribution in [0.15, 0.2) is 47.4 Å². The molecule has 3 aromatic heterocycles. The van der Waals surface area contributed by atoms with Gasteiger partial charge in [-0.2, -0.15) is 13.2 Å². The molecule has 7 rings (SSSR count). The number of pyridine rings is 1. The summed E-state index contributed by atoms with van der Waals surface area (Å²) in [6.07, 6.45) is 0.366. The van der Waals surface area contributed by atoms with E-state index >= 15 is 4.79 Å². The van der Waals surface area contributed by atoms with Crippen molar-refractivity contribution < 1.29 is 50.6 Å². The number of carboxylic acid groups (broad SMARTS) is 1. The van der Waals surface area contributed by atoms with Crippen LogP contribution in [-0.4, -0.2) is 109 Å². The van der Waals surface area contributed by atoms with Crippen LogP contribution in [0.25, 0.3) is 21.4 Å². The first kappa shape index (κ1) is 44.4. The zero-order valence-corrected chi connectivity index (χ0v) is 36.6. The second-order valence-electron chi connectivity index (χ2n) is 17.4. The summed E-state index contributed by atoms with van der Waals surface area (Å²) in [5, 5.41) is 17.9. The van der Waals surface area contributed by atoms with E-state index in [4.69, 9.17) is 9.72 Å². The first-order valence-electron chi connectivity index (χ1n) is 20.0. The number of carbonyl (C=O) groups excluding carboxylic acids is 3. The molecule has 0 spiro atoms. The Morgan fingerprint density at radius 3 is 2.21 bits per heavy atom. The van der Waals surface area contributed by atoms with Gasteiger partial charge in [-0.3, -0.25) is 24.0 Å². The van der Waals surface area contributed by atoms with Crippen LogP contribution in [0.4, 0.5) is 18.0 Å². The molecule has 0 aromatic carbocycles. The summed E-state index contributed by atoms with van der Waals surface area (Å²) < 4.78 is 78.3. The smallest absolute Gasteiger partial charge is 0.411 e. The number of ether oxygens (including phenoxy) is 1. The number of aromatic nitrogens is 3. The number of allylic oxidation sites excluding steroid dienone is 1. The minimum absolute atomic E-state index is 0.0474. The fourth-order valence-electron chi connectivity index (χ4n) is 8.27. The molecule has 0 unspecified atom stereocenters. The molecule has 7 atom stereocenters. The molecular weight excluding hydrogens is 860 g/mol. The zero-order chi connectivity index (χ0) is 44.3. The molecule has 2 saturated carbocycles. The maximum Gasteiger partial charge on any atom is 0.411 e. The second kappa shape index (κ2) is 16.2. The van der Waals surface area contributed by atoms with Crippen LogP contribution in [0.2, 0.25) is 0 Å². The lowest BCUT2D eigenvalue weighted by atomic mass is 9.85. The number of nitrogens with one attached hydrogen (secondary N) is 2. The maximum atomic E-state index is 15.1. The van der Waals surface area contributed by atoms with Crippen molar-refractivity contribution in [1.82, 2.24) is 34.8 Å². The Morgan fingerprint density at radius 2 is 1.67 bits per heavy atom. The molecule has 3 aromatic rings. The Hall–Kier alpha value is -4.63. The van der Waals surface area contributed by atoms with Gasteiger partial charge >= 0.3 is 12.3 Å². The largest absolute Gasteiger partial charge is 0.488 e. The van der Waals surface area contributed by atoms with Gasteiger partial charge in [0.25, 0.3) is 5.91 Å². The molecular formula is C40H48F3N7O8S3. The van der Waals surface area contributed by atoms with Crippen molar-refractivity contribution in [2.75, 3.05) is 6.54 Å². The SMILES string of the molecule is C[C@@H]1CCC=C[C@@H]2C[C@@]2(C(=O)NS(=O)(=O)C2(C)CC2)NC(=O)[C@@H]2C[C@@H](Oc3cc(-c4nccs4)nc(-c4nccs4)c3)CN2C(=O)[C@@H](N(C(=O)O)C(C)(C)C(F)(F)F)[C@H](C)C1. The van der Waals surface area contributed by atoms with Crippen molar-refractivity contribution in [3.8, 4) is 27.2 Å². The van der Waals surface area contributed by atoms with Crippen LogP contribution < -0.4 is 14.8 Å². The van der Waals surface area contributed by atoms with Gasteiger partial charge in [0.1, 0.15) is 56.4 Å². The summed E-state index contributed by atoms with van der Waals surface area (Å²) in [4.78, 5) is 71.4. The van der Waals surface area contributed by atoms with Gasteiger partial charge < -0.3 is 20.1 Å². The maximum absolute atomic E-state index is 15.1. The Balaban J connectivity index is 1.29. The monoisotopic (exact) mass is 907 g/mol. The third kappa shape index (κ3) is 8.74. The number of fused-ring (bicyclic) bond motifs is 2. The molecule has 3 N–H and O–H groups in total. The lowest BCUT2D eigenvalue weighted by molar-refractivity contribution is -0.222. The highest BCUT2D eigenvalue weighted by atomic mass is 32.2. The highest BCUT2D eigenvalue weighted by Gasteiger charge is 2.64. The summed E-state index contributed by atoms with van der Waals surface area (Å²) in [5.41, 5.74) is -3.87. The number of thiazole rings is 2. The van der Waals surface area contributed by atoms with E-state index in [1.54, 1.807) is 41.4 Å². The van der Waals surface area contributed by atoms with Crippen LogP contribution >= 0.6 is 22.7 Å². The van der Waals surface area contributed by atoms with Crippen LogP contribution in [-0.2, 0) is 24.4 Å². The number of alkyl halides is 3. The topological polar surface area (TPSA) is 201 Å². The molecule has 4 amide bonds. The summed E-state index contributed by atoms with van der Waals surface area (Å²) >= 11 is 2.66. The van der Waals surface area contributed by atoms with Crippen molar-refractivity contribution >= 4 is 56.5 Å². The number of halogens is 3. The third-order valence-electron chi connectivity index (χ3n) is 12.4. The molecule has 0 radical (unpaired) electrons. The number of amides is 4. The minimum atomic E-state index is -5.10. The van der Waals surface area contributed by atoms with E-state index in [9.17, 15) is 41.1 Å². The molecule has 4 aliphatic rings. The van der Waals surface area contributed by atoms with E-state index in [0.717, 1.165) is 4.90 Å². The quantitative estimate of drug-likeness (QED) is 0.205. The van der Waals surface area contributed by atoms with E-state index in [1.165, 1.54) is 36.5 Å². The first-order chi connectivity index (χ1) is 28.6. The number of hydrogen-bond acceptors (Lipinski definition) is 12. The molecule has 2 aliphatic carbocycles. The number of rotatable bonds is 9. The van der Waals surface area contributed by atoms with Gasteiger partial charge in [-0.15, -0.1) is 22.7 Å². The Bertz CT molecular complexity index is 2250. The number of carbonyl (C=O) groups is 4. The lowest BCUT2D eigenvalue weighted by Gasteiger charge is -2.45.